The largest absolute Gasteiger partial charge is 0.369 e. The van der Waals surface area contributed by atoms with Gasteiger partial charge < -0.3 is 4.90 Å². The number of piperazine rings is 1. The summed E-state index contributed by atoms with van der Waals surface area (Å²) in [6.45, 7) is 8.20. The minimum Gasteiger partial charge on any atom is -0.369 e. The molecule has 3 aromatic carbocycles. The maximum atomic E-state index is 3.96. The average molecular weight is 356 g/mol. The molecule has 137 valence electrons. The molecule has 1 saturated heterocycles. The first kappa shape index (κ1) is 17.8. The van der Waals surface area contributed by atoms with E-state index >= 15 is 0 Å². The Bertz CT molecular complexity index is 780. The molecular formula is C25H27N2. The second-order valence-electron chi connectivity index (χ2n) is 7.16. The summed E-state index contributed by atoms with van der Waals surface area (Å²) < 4.78 is 0. The Morgan fingerprint density at radius 2 is 1.19 bits per heavy atom. The van der Waals surface area contributed by atoms with Gasteiger partial charge in [-0.3, -0.25) is 4.90 Å². The molecule has 4 rings (SSSR count). The van der Waals surface area contributed by atoms with Gasteiger partial charge in [-0.1, -0.05) is 72.8 Å². The van der Waals surface area contributed by atoms with Gasteiger partial charge in [0.15, 0.2) is 0 Å². The highest BCUT2D eigenvalue weighted by Gasteiger charge is 2.26. The summed E-state index contributed by atoms with van der Waals surface area (Å²) in [7, 11) is 0. The predicted molar refractivity (Wildman–Crippen MR) is 114 cm³/mol. The summed E-state index contributed by atoms with van der Waals surface area (Å²) in [5.74, 6) is 0. The van der Waals surface area contributed by atoms with Crippen molar-refractivity contribution >= 4 is 5.69 Å². The zero-order valence-electron chi connectivity index (χ0n) is 15.8. The van der Waals surface area contributed by atoms with E-state index in [1.165, 1.54) is 22.4 Å². The van der Waals surface area contributed by atoms with Gasteiger partial charge in [0.05, 0.1) is 6.04 Å². The van der Waals surface area contributed by atoms with Crippen molar-refractivity contribution in [2.75, 3.05) is 31.1 Å². The lowest BCUT2D eigenvalue weighted by Gasteiger charge is -2.40. The van der Waals surface area contributed by atoms with Gasteiger partial charge in [-0.05, 0) is 42.2 Å². The van der Waals surface area contributed by atoms with Crippen LogP contribution in [0.25, 0.3) is 0 Å². The zero-order valence-corrected chi connectivity index (χ0v) is 15.8. The van der Waals surface area contributed by atoms with Crippen molar-refractivity contribution in [2.24, 2.45) is 0 Å². The average Bonchev–Trinajstić information content (AvgIpc) is 2.76. The third-order valence-corrected chi connectivity index (χ3v) is 5.50. The van der Waals surface area contributed by atoms with Gasteiger partial charge in [-0.2, -0.15) is 0 Å². The molecule has 0 amide bonds. The van der Waals surface area contributed by atoms with Crippen molar-refractivity contribution in [1.29, 1.82) is 0 Å². The van der Waals surface area contributed by atoms with Gasteiger partial charge in [0.25, 0.3) is 0 Å². The molecule has 0 aliphatic carbocycles. The third kappa shape index (κ3) is 4.06. The SMILES string of the molecule is [CH2]Cc1ccc(N2CCN(C(c3ccccc3)c3ccccc3)CC2)cc1. The smallest absolute Gasteiger partial charge is 0.0603 e. The highest BCUT2D eigenvalue weighted by Crippen LogP contribution is 2.30. The summed E-state index contributed by atoms with van der Waals surface area (Å²) in [5.41, 5.74) is 5.36. The summed E-state index contributed by atoms with van der Waals surface area (Å²) >= 11 is 0. The minimum absolute atomic E-state index is 0.322. The second-order valence-corrected chi connectivity index (χ2v) is 7.16. The predicted octanol–water partition coefficient (Wildman–Crippen LogP) is 4.97. The molecule has 27 heavy (non-hydrogen) atoms. The lowest BCUT2D eigenvalue weighted by molar-refractivity contribution is 0.212. The summed E-state index contributed by atoms with van der Waals surface area (Å²) in [5, 5.41) is 0. The van der Waals surface area contributed by atoms with Crippen LogP contribution < -0.4 is 4.90 Å². The molecule has 2 heteroatoms. The lowest BCUT2D eigenvalue weighted by atomic mass is 9.96. The van der Waals surface area contributed by atoms with E-state index in [1.54, 1.807) is 0 Å². The summed E-state index contributed by atoms with van der Waals surface area (Å²) in [4.78, 5) is 5.11. The number of nitrogens with zero attached hydrogens (tertiary/aromatic N) is 2. The van der Waals surface area contributed by atoms with Gasteiger partial charge in [-0.15, -0.1) is 0 Å². The normalized spacial score (nSPS) is 15.3. The Labute approximate surface area is 163 Å². The topological polar surface area (TPSA) is 6.48 Å². The Morgan fingerprint density at radius 1 is 0.667 bits per heavy atom. The van der Waals surface area contributed by atoms with E-state index in [-0.39, 0.29) is 0 Å². The first-order valence-electron chi connectivity index (χ1n) is 9.82. The Kier molecular flexibility index (Phi) is 5.55. The van der Waals surface area contributed by atoms with Gasteiger partial charge in [0.2, 0.25) is 0 Å². The molecule has 1 heterocycles. The van der Waals surface area contributed by atoms with E-state index in [4.69, 9.17) is 0 Å². The van der Waals surface area contributed by atoms with Gasteiger partial charge in [-0.25, -0.2) is 0 Å². The molecule has 0 atom stereocenters. The van der Waals surface area contributed by atoms with Crippen LogP contribution in [0.4, 0.5) is 5.69 Å². The van der Waals surface area contributed by atoms with Crippen molar-refractivity contribution in [3.63, 3.8) is 0 Å². The Morgan fingerprint density at radius 3 is 1.67 bits per heavy atom. The maximum absolute atomic E-state index is 3.96. The molecule has 0 spiro atoms. The summed E-state index contributed by atoms with van der Waals surface area (Å²) in [6, 6.07) is 31.0. The van der Waals surface area contributed by atoms with Crippen LogP contribution in [0.5, 0.6) is 0 Å². The van der Waals surface area contributed by atoms with E-state index in [9.17, 15) is 0 Å². The lowest BCUT2D eigenvalue weighted by Crippen LogP contribution is -2.48. The fourth-order valence-corrected chi connectivity index (χ4v) is 4.00. The molecule has 0 saturated carbocycles. The van der Waals surface area contributed by atoms with Gasteiger partial charge in [0.1, 0.15) is 0 Å². The standard InChI is InChI=1S/C25H27N2/c1-2-21-13-15-24(16-14-21)26-17-19-27(20-18-26)25(22-9-5-3-6-10-22)23-11-7-4-8-12-23/h3-16,25H,1-2,17-20H2. The van der Waals surface area contributed by atoms with Crippen molar-refractivity contribution in [3.05, 3.63) is 109 Å². The molecule has 3 aromatic rings. The fraction of sp³-hybridized carbons (Fsp3) is 0.240. The van der Waals surface area contributed by atoms with Crippen LogP contribution in [0.2, 0.25) is 0 Å². The van der Waals surface area contributed by atoms with Crippen molar-refractivity contribution in [3.8, 4) is 0 Å². The highest BCUT2D eigenvalue weighted by molar-refractivity contribution is 5.48. The molecule has 0 unspecified atom stereocenters. The van der Waals surface area contributed by atoms with E-state index < -0.39 is 0 Å². The molecule has 1 aliphatic rings. The Balaban J connectivity index is 1.51. The molecule has 1 aliphatic heterocycles. The Hall–Kier alpha value is -2.58. The first-order valence-corrected chi connectivity index (χ1v) is 9.82. The monoisotopic (exact) mass is 355 g/mol. The molecule has 0 bridgehead atoms. The molecule has 0 N–H and O–H groups in total. The van der Waals surface area contributed by atoms with Crippen molar-refractivity contribution in [1.82, 2.24) is 4.90 Å². The van der Waals surface area contributed by atoms with Crippen LogP contribution in [0, 0.1) is 6.92 Å². The molecular weight excluding hydrogens is 328 g/mol. The van der Waals surface area contributed by atoms with Crippen LogP contribution in [0.1, 0.15) is 22.7 Å². The number of hydrogen-bond donors (Lipinski definition) is 0. The van der Waals surface area contributed by atoms with Gasteiger partial charge >= 0.3 is 0 Å². The van der Waals surface area contributed by atoms with E-state index in [2.05, 4.69) is 102 Å². The quantitative estimate of drug-likeness (QED) is 0.637. The third-order valence-electron chi connectivity index (χ3n) is 5.50. The first-order chi connectivity index (χ1) is 13.3. The fourth-order valence-electron chi connectivity index (χ4n) is 4.00. The highest BCUT2D eigenvalue weighted by atomic mass is 15.3. The molecule has 0 aromatic heterocycles. The van der Waals surface area contributed by atoms with E-state index in [0.29, 0.717) is 6.04 Å². The number of hydrogen-bond acceptors (Lipinski definition) is 2. The second kappa shape index (κ2) is 8.41. The van der Waals surface area contributed by atoms with Crippen LogP contribution in [-0.2, 0) is 6.42 Å². The van der Waals surface area contributed by atoms with Gasteiger partial charge in [0, 0.05) is 31.9 Å². The molecule has 1 radical (unpaired) electrons. The number of anilines is 1. The van der Waals surface area contributed by atoms with E-state index in [1.807, 2.05) is 0 Å². The minimum atomic E-state index is 0.322. The summed E-state index contributed by atoms with van der Waals surface area (Å²) in [6.07, 6.45) is 0.851. The molecule has 2 nitrogen and oxygen atoms in total. The van der Waals surface area contributed by atoms with Crippen LogP contribution >= 0.6 is 0 Å². The number of rotatable bonds is 5. The zero-order chi connectivity index (χ0) is 18.5. The van der Waals surface area contributed by atoms with Crippen molar-refractivity contribution < 1.29 is 0 Å². The van der Waals surface area contributed by atoms with Crippen LogP contribution in [0.3, 0.4) is 0 Å². The van der Waals surface area contributed by atoms with Crippen LogP contribution in [-0.4, -0.2) is 31.1 Å². The van der Waals surface area contributed by atoms with E-state index in [0.717, 1.165) is 32.6 Å². The van der Waals surface area contributed by atoms with Crippen molar-refractivity contribution in [2.45, 2.75) is 12.5 Å². The number of benzene rings is 3. The van der Waals surface area contributed by atoms with Crippen LogP contribution in [0.15, 0.2) is 84.9 Å². The maximum Gasteiger partial charge on any atom is 0.0603 e. The molecule has 1 fully saturated rings.